The third kappa shape index (κ3) is 4.32. The van der Waals surface area contributed by atoms with Crippen molar-refractivity contribution in [3.63, 3.8) is 0 Å². The number of rotatable bonds is 6. The van der Waals surface area contributed by atoms with Crippen LogP contribution >= 0.6 is 0 Å². The van der Waals surface area contributed by atoms with Crippen LogP contribution in [0.15, 0.2) is 41.2 Å². The number of hydrogen-bond acceptors (Lipinski definition) is 5. The van der Waals surface area contributed by atoms with Gasteiger partial charge < -0.3 is 9.74 Å². The number of pyridine rings is 1. The van der Waals surface area contributed by atoms with Crippen molar-refractivity contribution >= 4 is 22.7 Å². The van der Waals surface area contributed by atoms with Gasteiger partial charge in [-0.2, -0.15) is 4.98 Å². The van der Waals surface area contributed by atoms with Gasteiger partial charge in [-0.3, -0.25) is 9.47 Å². The van der Waals surface area contributed by atoms with Crippen molar-refractivity contribution in [1.82, 2.24) is 19.4 Å². The molecule has 7 nitrogen and oxygen atoms in total. The molecule has 0 N–H and O–H groups in total. The summed E-state index contributed by atoms with van der Waals surface area (Å²) in [6.07, 6.45) is 4.58. The summed E-state index contributed by atoms with van der Waals surface area (Å²) in [5.41, 5.74) is 3.88. The summed E-state index contributed by atoms with van der Waals surface area (Å²) in [6, 6.07) is 13.6. The van der Waals surface area contributed by atoms with Crippen molar-refractivity contribution in [3.8, 4) is 0 Å². The first-order chi connectivity index (χ1) is 16.9. The Morgan fingerprint density at radius 2 is 1.74 bits per heavy atom. The number of piperazine rings is 1. The molecule has 0 bridgehead atoms. The molecular formula is C28H34N6O. The number of benzene rings is 1. The molecule has 182 valence electrons. The van der Waals surface area contributed by atoms with E-state index in [4.69, 9.17) is 6.57 Å². The third-order valence-corrected chi connectivity index (χ3v) is 7.95. The molecule has 0 amide bonds. The van der Waals surface area contributed by atoms with Gasteiger partial charge in [0.1, 0.15) is 0 Å². The van der Waals surface area contributed by atoms with Crippen LogP contribution in [-0.2, 0) is 7.05 Å². The van der Waals surface area contributed by atoms with Gasteiger partial charge in [-0.25, -0.2) is 4.79 Å². The van der Waals surface area contributed by atoms with Crippen molar-refractivity contribution < 1.29 is 0 Å². The quantitative estimate of drug-likeness (QED) is 0.464. The topological polar surface area (TPSA) is 58.6 Å². The Balaban J connectivity index is 1.49. The zero-order chi connectivity index (χ0) is 24.7. The van der Waals surface area contributed by atoms with E-state index in [0.29, 0.717) is 34.8 Å². The normalized spacial score (nSPS) is 21.7. The van der Waals surface area contributed by atoms with Gasteiger partial charge in [0.15, 0.2) is 5.82 Å². The fraction of sp³-hybridized carbons (Fsp3) is 0.500. The number of nitrogens with zero attached hydrogens (tertiary/aromatic N) is 6. The second-order valence-corrected chi connectivity index (χ2v) is 10.0. The molecule has 0 spiro atoms. The van der Waals surface area contributed by atoms with Crippen LogP contribution in [0.2, 0.25) is 0 Å². The van der Waals surface area contributed by atoms with Crippen LogP contribution in [0, 0.1) is 6.57 Å². The SMILES string of the molecule is [C-]#[N+]c1ccc2c(n1)c(N1C[C@@H](CC)N(C(C)c3ccc(C4CC4)cc3)C[C@@H]1CC)nc(=O)n2C. The van der Waals surface area contributed by atoms with Crippen LogP contribution in [0.4, 0.5) is 11.6 Å². The minimum atomic E-state index is -0.292. The number of fused-ring (bicyclic) bond motifs is 1. The summed E-state index contributed by atoms with van der Waals surface area (Å²) < 4.78 is 1.52. The Labute approximate surface area is 207 Å². The molecule has 3 heterocycles. The maximum Gasteiger partial charge on any atom is 0.350 e. The van der Waals surface area contributed by atoms with E-state index in [-0.39, 0.29) is 11.7 Å². The second kappa shape index (κ2) is 9.43. The molecule has 0 radical (unpaired) electrons. The third-order valence-electron chi connectivity index (χ3n) is 7.95. The minimum absolute atomic E-state index is 0.201. The summed E-state index contributed by atoms with van der Waals surface area (Å²) in [7, 11) is 1.71. The molecule has 5 rings (SSSR count). The van der Waals surface area contributed by atoms with E-state index in [0.717, 1.165) is 31.8 Å². The molecule has 1 unspecified atom stereocenters. The second-order valence-electron chi connectivity index (χ2n) is 10.0. The molecule has 1 aliphatic heterocycles. The molecule has 35 heavy (non-hydrogen) atoms. The Morgan fingerprint density at radius 1 is 1.03 bits per heavy atom. The van der Waals surface area contributed by atoms with E-state index in [1.807, 2.05) is 6.07 Å². The van der Waals surface area contributed by atoms with Gasteiger partial charge in [-0.1, -0.05) is 44.7 Å². The average molecular weight is 471 g/mol. The Morgan fingerprint density at radius 3 is 2.37 bits per heavy atom. The van der Waals surface area contributed by atoms with Crippen LogP contribution in [0.5, 0.6) is 0 Å². The highest BCUT2D eigenvalue weighted by Crippen LogP contribution is 2.41. The summed E-state index contributed by atoms with van der Waals surface area (Å²) in [5, 5.41) is 0. The maximum absolute atomic E-state index is 12.8. The van der Waals surface area contributed by atoms with Gasteiger partial charge in [0.2, 0.25) is 5.52 Å². The van der Waals surface area contributed by atoms with Gasteiger partial charge in [-0.05, 0) is 61.8 Å². The smallest absolute Gasteiger partial charge is 0.350 e. The van der Waals surface area contributed by atoms with Gasteiger partial charge in [0, 0.05) is 38.3 Å². The molecule has 1 aromatic carbocycles. The summed E-state index contributed by atoms with van der Waals surface area (Å²) in [4.78, 5) is 30.2. The van der Waals surface area contributed by atoms with E-state index in [9.17, 15) is 4.79 Å². The van der Waals surface area contributed by atoms with Gasteiger partial charge in [0.05, 0.1) is 5.52 Å². The summed E-state index contributed by atoms with van der Waals surface area (Å²) in [6.45, 7) is 15.8. The molecule has 2 aromatic heterocycles. The molecule has 2 aliphatic rings. The molecule has 1 aliphatic carbocycles. The lowest BCUT2D eigenvalue weighted by molar-refractivity contribution is 0.101. The first-order valence-electron chi connectivity index (χ1n) is 12.8. The van der Waals surface area contributed by atoms with Crippen LogP contribution in [0.1, 0.15) is 69.5 Å². The largest absolute Gasteiger partial charge is 0.361 e. The van der Waals surface area contributed by atoms with E-state index in [1.54, 1.807) is 13.1 Å². The van der Waals surface area contributed by atoms with Crippen molar-refractivity contribution in [2.45, 2.75) is 70.5 Å². The molecule has 3 aromatic rings. The van der Waals surface area contributed by atoms with Crippen molar-refractivity contribution in [3.05, 3.63) is 69.4 Å². The maximum atomic E-state index is 12.8. The highest BCUT2D eigenvalue weighted by molar-refractivity contribution is 5.87. The fourth-order valence-electron chi connectivity index (χ4n) is 5.53. The molecule has 7 heteroatoms. The van der Waals surface area contributed by atoms with Crippen LogP contribution in [0.3, 0.4) is 0 Å². The molecular weight excluding hydrogens is 436 g/mol. The zero-order valence-electron chi connectivity index (χ0n) is 21.1. The van der Waals surface area contributed by atoms with Crippen LogP contribution < -0.4 is 10.6 Å². The van der Waals surface area contributed by atoms with E-state index < -0.39 is 0 Å². The highest BCUT2D eigenvalue weighted by atomic mass is 16.1. The molecule has 3 atom stereocenters. The first-order valence-corrected chi connectivity index (χ1v) is 12.8. The van der Waals surface area contributed by atoms with Crippen LogP contribution in [-0.4, -0.2) is 44.6 Å². The molecule has 2 fully saturated rings. The predicted molar refractivity (Wildman–Crippen MR) is 140 cm³/mol. The fourth-order valence-corrected chi connectivity index (χ4v) is 5.53. The lowest BCUT2D eigenvalue weighted by atomic mass is 9.96. The lowest BCUT2D eigenvalue weighted by Gasteiger charge is -2.49. The van der Waals surface area contributed by atoms with Crippen LogP contribution in [0.25, 0.3) is 15.9 Å². The predicted octanol–water partition coefficient (Wildman–Crippen LogP) is 5.20. The number of anilines is 1. The monoisotopic (exact) mass is 470 g/mol. The van der Waals surface area contributed by atoms with E-state index in [2.05, 4.69) is 69.6 Å². The van der Waals surface area contributed by atoms with E-state index >= 15 is 0 Å². The van der Waals surface area contributed by atoms with Gasteiger partial charge in [-0.15, -0.1) is 4.98 Å². The zero-order valence-corrected chi connectivity index (χ0v) is 21.1. The van der Waals surface area contributed by atoms with Gasteiger partial charge in [0.25, 0.3) is 5.82 Å². The summed E-state index contributed by atoms with van der Waals surface area (Å²) >= 11 is 0. The average Bonchev–Trinajstić information content (AvgIpc) is 3.75. The van der Waals surface area contributed by atoms with Crippen molar-refractivity contribution in [2.24, 2.45) is 7.05 Å². The molecule has 1 saturated carbocycles. The van der Waals surface area contributed by atoms with E-state index in [1.165, 1.54) is 28.5 Å². The minimum Gasteiger partial charge on any atom is -0.361 e. The molecule has 1 saturated heterocycles. The highest BCUT2D eigenvalue weighted by Gasteiger charge is 2.37. The Kier molecular flexibility index (Phi) is 6.33. The van der Waals surface area contributed by atoms with Crippen molar-refractivity contribution in [2.75, 3.05) is 18.0 Å². The number of hydrogen-bond donors (Lipinski definition) is 0. The Bertz CT molecular complexity index is 1320. The van der Waals surface area contributed by atoms with Crippen molar-refractivity contribution in [1.29, 1.82) is 0 Å². The number of aryl methyl sites for hydroxylation is 1. The number of aromatic nitrogens is 3. The Hall–Kier alpha value is -3.24. The van der Waals surface area contributed by atoms with Gasteiger partial charge >= 0.3 is 5.69 Å². The summed E-state index contributed by atoms with van der Waals surface area (Å²) in [5.74, 6) is 1.70. The first kappa shape index (κ1) is 23.5. The standard InChI is InChI=1S/C28H34N6O/c1-6-22-17-34(27-26-24(32(5)28(35)31-27)14-15-25(29-4)30-26)23(7-2)16-33(22)18(3)19-8-10-20(11-9-19)21-12-13-21/h8-11,14-15,18,21-23H,6-7,12-13,16-17H2,1-3,5H3/t18?,22-,23+/m1/s1. The lowest BCUT2D eigenvalue weighted by Crippen LogP contribution is -2.59.